The number of para-hydroxylation sites is 1. The summed E-state index contributed by atoms with van der Waals surface area (Å²) in [5.41, 5.74) is 1.45. The number of aromatic nitrogens is 1. The fourth-order valence-electron chi connectivity index (χ4n) is 3.11. The van der Waals surface area contributed by atoms with E-state index >= 15 is 0 Å². The fourth-order valence-corrected chi connectivity index (χ4v) is 3.96. The number of benzene rings is 1. The second-order valence-electron chi connectivity index (χ2n) is 5.71. The second-order valence-corrected chi connectivity index (χ2v) is 6.36. The summed E-state index contributed by atoms with van der Waals surface area (Å²) in [7, 11) is 0. The zero-order valence-corrected chi connectivity index (χ0v) is 13.4. The van der Waals surface area contributed by atoms with Crippen molar-refractivity contribution in [1.29, 1.82) is 0 Å². The SMILES string of the molecule is O=C(Cc1noc2ccccc12)NCC1CCCC1CBr. The van der Waals surface area contributed by atoms with Gasteiger partial charge in [-0.05, 0) is 36.8 Å². The van der Waals surface area contributed by atoms with Gasteiger partial charge >= 0.3 is 0 Å². The molecule has 1 amide bonds. The maximum Gasteiger partial charge on any atom is 0.226 e. The van der Waals surface area contributed by atoms with Crippen LogP contribution in [0, 0.1) is 11.8 Å². The summed E-state index contributed by atoms with van der Waals surface area (Å²) in [5.74, 6) is 1.31. The Bertz CT molecular complexity index is 626. The summed E-state index contributed by atoms with van der Waals surface area (Å²) < 4.78 is 5.23. The fraction of sp³-hybridized carbons (Fsp3) is 0.500. The minimum absolute atomic E-state index is 0.0225. The minimum Gasteiger partial charge on any atom is -0.356 e. The monoisotopic (exact) mass is 350 g/mol. The van der Waals surface area contributed by atoms with E-state index < -0.39 is 0 Å². The molecule has 2 atom stereocenters. The molecule has 1 aromatic carbocycles. The number of amides is 1. The van der Waals surface area contributed by atoms with Crippen molar-refractivity contribution in [3.63, 3.8) is 0 Å². The number of alkyl halides is 1. The van der Waals surface area contributed by atoms with Gasteiger partial charge in [-0.15, -0.1) is 0 Å². The third-order valence-electron chi connectivity index (χ3n) is 4.36. The Kier molecular flexibility index (Phi) is 4.58. The number of nitrogens with zero attached hydrogens (tertiary/aromatic N) is 1. The van der Waals surface area contributed by atoms with Gasteiger partial charge in [0, 0.05) is 17.3 Å². The van der Waals surface area contributed by atoms with E-state index in [0.717, 1.165) is 22.8 Å². The number of fused-ring (bicyclic) bond motifs is 1. The molecule has 1 saturated carbocycles. The molecule has 3 rings (SSSR count). The molecule has 1 aromatic heterocycles. The molecule has 1 aliphatic carbocycles. The Morgan fingerprint density at radius 3 is 3.00 bits per heavy atom. The largest absolute Gasteiger partial charge is 0.356 e. The van der Waals surface area contributed by atoms with Crippen LogP contribution in [-0.4, -0.2) is 22.9 Å². The highest BCUT2D eigenvalue weighted by Crippen LogP contribution is 2.32. The van der Waals surface area contributed by atoms with Gasteiger partial charge in [0.2, 0.25) is 5.91 Å². The smallest absolute Gasteiger partial charge is 0.226 e. The molecule has 21 heavy (non-hydrogen) atoms. The molecule has 0 aliphatic heterocycles. The molecule has 2 unspecified atom stereocenters. The lowest BCUT2D eigenvalue weighted by atomic mass is 9.98. The normalized spacial score (nSPS) is 21.8. The van der Waals surface area contributed by atoms with Crippen molar-refractivity contribution in [2.45, 2.75) is 25.7 Å². The van der Waals surface area contributed by atoms with E-state index in [1.54, 1.807) is 0 Å². The molecule has 1 heterocycles. The molecule has 0 saturated heterocycles. The van der Waals surface area contributed by atoms with Gasteiger partial charge < -0.3 is 9.84 Å². The summed E-state index contributed by atoms with van der Waals surface area (Å²) in [6.07, 6.45) is 4.02. The summed E-state index contributed by atoms with van der Waals surface area (Å²) in [6, 6.07) is 7.63. The number of carbonyl (C=O) groups excluding carboxylic acids is 1. The van der Waals surface area contributed by atoms with E-state index in [1.165, 1.54) is 19.3 Å². The first-order valence-electron chi connectivity index (χ1n) is 7.44. The molecule has 1 aliphatic rings. The van der Waals surface area contributed by atoms with Gasteiger partial charge in [-0.25, -0.2) is 0 Å². The van der Waals surface area contributed by atoms with Crippen LogP contribution in [0.4, 0.5) is 0 Å². The number of nitrogens with one attached hydrogen (secondary N) is 1. The van der Waals surface area contributed by atoms with E-state index in [9.17, 15) is 4.79 Å². The summed E-state index contributed by atoms with van der Waals surface area (Å²) in [4.78, 5) is 12.1. The average Bonchev–Trinajstić information content (AvgIpc) is 3.12. The van der Waals surface area contributed by atoms with Crippen molar-refractivity contribution < 1.29 is 9.32 Å². The molecule has 0 bridgehead atoms. The molecule has 0 spiro atoms. The van der Waals surface area contributed by atoms with Crippen LogP contribution < -0.4 is 5.32 Å². The molecule has 5 heteroatoms. The Morgan fingerprint density at radius 2 is 2.14 bits per heavy atom. The standard InChI is InChI=1S/C16H19BrN2O2/c17-9-11-4-3-5-12(11)10-18-16(20)8-14-13-6-1-2-7-15(13)21-19-14/h1-2,6-7,11-12H,3-5,8-10H2,(H,18,20). The summed E-state index contributed by atoms with van der Waals surface area (Å²) in [5, 5.41) is 9.01. The van der Waals surface area contributed by atoms with Crippen LogP contribution in [0.2, 0.25) is 0 Å². The van der Waals surface area contributed by atoms with Crippen LogP contribution in [-0.2, 0) is 11.2 Å². The minimum atomic E-state index is 0.0225. The van der Waals surface area contributed by atoms with Crippen molar-refractivity contribution in [3.05, 3.63) is 30.0 Å². The molecule has 1 N–H and O–H groups in total. The lowest BCUT2D eigenvalue weighted by Crippen LogP contribution is -2.32. The van der Waals surface area contributed by atoms with Gasteiger partial charge in [0.1, 0.15) is 5.69 Å². The van der Waals surface area contributed by atoms with Crippen LogP contribution >= 0.6 is 15.9 Å². The first-order valence-corrected chi connectivity index (χ1v) is 8.56. The van der Waals surface area contributed by atoms with Gasteiger partial charge in [0.15, 0.2) is 5.58 Å². The highest BCUT2D eigenvalue weighted by atomic mass is 79.9. The first-order chi connectivity index (χ1) is 10.3. The number of rotatable bonds is 5. The van der Waals surface area contributed by atoms with Crippen molar-refractivity contribution in [2.75, 3.05) is 11.9 Å². The number of carbonyl (C=O) groups is 1. The van der Waals surface area contributed by atoms with Crippen LogP contribution in [0.3, 0.4) is 0 Å². The van der Waals surface area contributed by atoms with Gasteiger partial charge in [-0.2, -0.15) is 0 Å². The first kappa shape index (κ1) is 14.6. The molecular formula is C16H19BrN2O2. The molecule has 112 valence electrons. The molecule has 0 radical (unpaired) electrons. The molecular weight excluding hydrogens is 332 g/mol. The highest BCUT2D eigenvalue weighted by molar-refractivity contribution is 9.09. The zero-order valence-electron chi connectivity index (χ0n) is 11.8. The molecule has 2 aromatic rings. The van der Waals surface area contributed by atoms with Gasteiger partial charge in [-0.1, -0.05) is 39.6 Å². The average molecular weight is 351 g/mol. The number of hydrogen-bond donors (Lipinski definition) is 1. The number of hydrogen-bond acceptors (Lipinski definition) is 3. The quantitative estimate of drug-likeness (QED) is 0.841. The zero-order chi connectivity index (χ0) is 14.7. The van der Waals surface area contributed by atoms with Gasteiger partial charge in [0.05, 0.1) is 6.42 Å². The van der Waals surface area contributed by atoms with Crippen molar-refractivity contribution in [3.8, 4) is 0 Å². The van der Waals surface area contributed by atoms with Gasteiger partial charge in [0.25, 0.3) is 0 Å². The van der Waals surface area contributed by atoms with Crippen molar-refractivity contribution >= 4 is 32.8 Å². The van der Waals surface area contributed by atoms with Crippen LogP contribution in [0.25, 0.3) is 11.0 Å². The maximum atomic E-state index is 12.1. The Labute approximate surface area is 132 Å². The topological polar surface area (TPSA) is 55.1 Å². The van der Waals surface area contributed by atoms with E-state index in [-0.39, 0.29) is 12.3 Å². The molecule has 4 nitrogen and oxygen atoms in total. The van der Waals surface area contributed by atoms with E-state index in [4.69, 9.17) is 4.52 Å². The van der Waals surface area contributed by atoms with Crippen LogP contribution in [0.1, 0.15) is 25.0 Å². The van der Waals surface area contributed by atoms with Crippen molar-refractivity contribution in [2.24, 2.45) is 11.8 Å². The van der Waals surface area contributed by atoms with Crippen molar-refractivity contribution in [1.82, 2.24) is 10.5 Å². The van der Waals surface area contributed by atoms with Crippen LogP contribution in [0.15, 0.2) is 28.8 Å². The third kappa shape index (κ3) is 3.28. The lowest BCUT2D eigenvalue weighted by molar-refractivity contribution is -0.120. The Balaban J connectivity index is 1.57. The number of halogens is 1. The Hall–Kier alpha value is -1.36. The summed E-state index contributed by atoms with van der Waals surface area (Å²) >= 11 is 3.56. The van der Waals surface area contributed by atoms with E-state index in [0.29, 0.717) is 17.5 Å². The summed E-state index contributed by atoms with van der Waals surface area (Å²) in [6.45, 7) is 0.769. The lowest BCUT2D eigenvalue weighted by Gasteiger charge is -2.17. The highest BCUT2D eigenvalue weighted by Gasteiger charge is 2.26. The molecule has 1 fully saturated rings. The predicted molar refractivity (Wildman–Crippen MR) is 85.3 cm³/mol. The third-order valence-corrected chi connectivity index (χ3v) is 5.19. The van der Waals surface area contributed by atoms with E-state index in [1.807, 2.05) is 24.3 Å². The maximum absolute atomic E-state index is 12.1. The Morgan fingerprint density at radius 1 is 1.33 bits per heavy atom. The predicted octanol–water partition coefficient (Wildman–Crippen LogP) is 3.30. The van der Waals surface area contributed by atoms with Gasteiger partial charge in [-0.3, -0.25) is 4.79 Å². The van der Waals surface area contributed by atoms with Crippen LogP contribution in [0.5, 0.6) is 0 Å². The second kappa shape index (κ2) is 6.60. The van der Waals surface area contributed by atoms with E-state index in [2.05, 4.69) is 26.4 Å².